The van der Waals surface area contributed by atoms with E-state index in [-0.39, 0.29) is 29.1 Å². The third kappa shape index (κ3) is 5.22. The number of hydrogen-bond donors (Lipinski definition) is 2. The van der Waals surface area contributed by atoms with Crippen LogP contribution >= 0.6 is 0 Å². The van der Waals surface area contributed by atoms with Gasteiger partial charge in [-0.05, 0) is 25.8 Å². The number of nitro groups is 1. The van der Waals surface area contributed by atoms with Crippen molar-refractivity contribution in [1.82, 2.24) is 14.9 Å². The van der Waals surface area contributed by atoms with E-state index >= 15 is 0 Å². The summed E-state index contributed by atoms with van der Waals surface area (Å²) in [7, 11) is -3.84. The topological polar surface area (TPSA) is 126 Å². The molecular formula is C18H27N5O5S. The number of guanidine groups is 1. The Kier molecular flexibility index (Phi) is 6.70. The maximum atomic E-state index is 12.4. The molecule has 160 valence electrons. The van der Waals surface area contributed by atoms with Gasteiger partial charge < -0.3 is 15.0 Å². The molecule has 0 amide bonds. The van der Waals surface area contributed by atoms with Gasteiger partial charge in [0.15, 0.2) is 5.96 Å². The van der Waals surface area contributed by atoms with Crippen molar-refractivity contribution >= 4 is 21.7 Å². The standard InChI is InChI=1S/C18H27N5O5S/c1-2-19-17(22-10-6-18(13-22)7-11-28-14-18)20-8-9-21-29(26,27)16-5-3-4-15(12-16)23(24)25/h3-5,12,21H,2,6-11,13-14H2,1H3,(H,19,20). The lowest BCUT2D eigenvalue weighted by Crippen LogP contribution is -2.42. The second-order valence-electron chi connectivity index (χ2n) is 7.36. The first-order valence-electron chi connectivity index (χ1n) is 9.70. The molecule has 1 spiro atoms. The average molecular weight is 426 g/mol. The van der Waals surface area contributed by atoms with E-state index in [2.05, 4.69) is 19.9 Å². The van der Waals surface area contributed by atoms with Gasteiger partial charge in [-0.1, -0.05) is 6.07 Å². The van der Waals surface area contributed by atoms with Gasteiger partial charge in [-0.2, -0.15) is 0 Å². The van der Waals surface area contributed by atoms with Crippen LogP contribution in [-0.2, 0) is 14.8 Å². The number of rotatable bonds is 7. The molecule has 2 N–H and O–H groups in total. The number of nitrogens with one attached hydrogen (secondary N) is 2. The predicted molar refractivity (Wildman–Crippen MR) is 108 cm³/mol. The molecule has 3 rings (SSSR count). The zero-order valence-electron chi connectivity index (χ0n) is 16.5. The van der Waals surface area contributed by atoms with Gasteiger partial charge in [-0.25, -0.2) is 13.1 Å². The molecule has 0 aliphatic carbocycles. The van der Waals surface area contributed by atoms with Crippen LogP contribution in [0.3, 0.4) is 0 Å². The molecule has 0 aromatic heterocycles. The molecule has 2 aliphatic rings. The fourth-order valence-corrected chi connectivity index (χ4v) is 4.76. The van der Waals surface area contributed by atoms with E-state index in [0.717, 1.165) is 57.7 Å². The monoisotopic (exact) mass is 425 g/mol. The summed E-state index contributed by atoms with van der Waals surface area (Å²) in [5, 5.41) is 14.1. The highest BCUT2D eigenvalue weighted by molar-refractivity contribution is 7.89. The molecule has 2 saturated heterocycles. The van der Waals surface area contributed by atoms with Crippen molar-refractivity contribution < 1.29 is 18.1 Å². The molecule has 1 unspecified atom stereocenters. The lowest BCUT2D eigenvalue weighted by molar-refractivity contribution is -0.385. The van der Waals surface area contributed by atoms with Crippen LogP contribution in [0.2, 0.25) is 0 Å². The third-order valence-electron chi connectivity index (χ3n) is 5.26. The maximum Gasteiger partial charge on any atom is 0.270 e. The summed E-state index contributed by atoms with van der Waals surface area (Å²) in [5.41, 5.74) is -0.0565. The number of sulfonamides is 1. The van der Waals surface area contributed by atoms with Gasteiger partial charge in [-0.3, -0.25) is 15.1 Å². The smallest absolute Gasteiger partial charge is 0.270 e. The molecule has 0 saturated carbocycles. The fraction of sp³-hybridized carbons (Fsp3) is 0.611. The summed E-state index contributed by atoms with van der Waals surface area (Å²) >= 11 is 0. The number of hydrogen-bond acceptors (Lipinski definition) is 6. The Hall–Kier alpha value is -2.24. The minimum Gasteiger partial charge on any atom is -0.381 e. The summed E-state index contributed by atoms with van der Waals surface area (Å²) < 4.78 is 32.8. The van der Waals surface area contributed by atoms with Crippen LogP contribution in [0, 0.1) is 15.5 Å². The van der Waals surface area contributed by atoms with Gasteiger partial charge in [0.1, 0.15) is 0 Å². The SMILES string of the molecule is CCNC(=NCCNS(=O)(=O)c1cccc([N+](=O)[O-])c1)N1CCC2(CCOC2)C1. The fourth-order valence-electron chi connectivity index (χ4n) is 3.70. The molecule has 0 radical (unpaired) electrons. The first-order valence-corrected chi connectivity index (χ1v) is 11.2. The van der Waals surface area contributed by atoms with Gasteiger partial charge in [-0.15, -0.1) is 0 Å². The first-order chi connectivity index (χ1) is 13.9. The minimum atomic E-state index is -3.84. The highest BCUT2D eigenvalue weighted by atomic mass is 32.2. The number of aliphatic imine (C=N–C) groups is 1. The Morgan fingerprint density at radius 2 is 2.24 bits per heavy atom. The van der Waals surface area contributed by atoms with Crippen molar-refractivity contribution in [3.63, 3.8) is 0 Å². The van der Waals surface area contributed by atoms with Crippen molar-refractivity contribution in [2.24, 2.45) is 10.4 Å². The van der Waals surface area contributed by atoms with Crippen molar-refractivity contribution in [1.29, 1.82) is 0 Å². The summed E-state index contributed by atoms with van der Waals surface area (Å²) in [4.78, 5) is 16.8. The quantitative estimate of drug-likeness (QED) is 0.219. The molecule has 0 bridgehead atoms. The first kappa shape index (κ1) is 21.5. The van der Waals surface area contributed by atoms with Crippen molar-refractivity contribution in [3.05, 3.63) is 34.4 Å². The molecule has 1 aromatic carbocycles. The van der Waals surface area contributed by atoms with Gasteiger partial charge in [0.05, 0.1) is 23.0 Å². The van der Waals surface area contributed by atoms with Crippen molar-refractivity contribution in [2.75, 3.05) is 45.9 Å². The minimum absolute atomic E-state index is 0.0992. The third-order valence-corrected chi connectivity index (χ3v) is 6.72. The van der Waals surface area contributed by atoms with E-state index in [1.807, 2.05) is 6.92 Å². The maximum absolute atomic E-state index is 12.4. The summed E-state index contributed by atoms with van der Waals surface area (Å²) in [6.07, 6.45) is 2.13. The molecule has 2 heterocycles. The van der Waals surface area contributed by atoms with E-state index in [1.54, 1.807) is 0 Å². The zero-order valence-corrected chi connectivity index (χ0v) is 17.3. The van der Waals surface area contributed by atoms with Crippen LogP contribution in [0.4, 0.5) is 5.69 Å². The van der Waals surface area contributed by atoms with Crippen molar-refractivity contribution in [2.45, 2.75) is 24.7 Å². The molecule has 1 aromatic rings. The Morgan fingerprint density at radius 3 is 2.93 bits per heavy atom. The molecular weight excluding hydrogens is 398 g/mol. The normalized spacial score (nSPS) is 22.4. The average Bonchev–Trinajstić information content (AvgIpc) is 3.34. The van der Waals surface area contributed by atoms with Crippen LogP contribution < -0.4 is 10.0 Å². The van der Waals surface area contributed by atoms with Crippen LogP contribution in [0.25, 0.3) is 0 Å². The molecule has 10 nitrogen and oxygen atoms in total. The van der Waals surface area contributed by atoms with Crippen LogP contribution in [0.5, 0.6) is 0 Å². The lowest BCUT2D eigenvalue weighted by Gasteiger charge is -2.25. The zero-order chi connectivity index (χ0) is 20.9. The molecule has 11 heteroatoms. The molecule has 1 atom stereocenters. The van der Waals surface area contributed by atoms with E-state index in [4.69, 9.17) is 4.74 Å². The van der Waals surface area contributed by atoms with Gasteiger partial charge in [0.2, 0.25) is 10.0 Å². The van der Waals surface area contributed by atoms with Gasteiger partial charge in [0, 0.05) is 50.3 Å². The largest absolute Gasteiger partial charge is 0.381 e. The van der Waals surface area contributed by atoms with E-state index in [9.17, 15) is 18.5 Å². The number of ether oxygens (including phenoxy) is 1. The number of likely N-dealkylation sites (tertiary alicyclic amines) is 1. The summed E-state index contributed by atoms with van der Waals surface area (Å²) in [6.45, 7) is 6.45. The van der Waals surface area contributed by atoms with Crippen LogP contribution in [-0.4, -0.2) is 70.1 Å². The Morgan fingerprint density at radius 1 is 1.41 bits per heavy atom. The van der Waals surface area contributed by atoms with Crippen LogP contribution in [0.1, 0.15) is 19.8 Å². The highest BCUT2D eigenvalue weighted by Gasteiger charge is 2.42. The Bertz CT molecular complexity index is 867. The van der Waals surface area contributed by atoms with Crippen LogP contribution in [0.15, 0.2) is 34.2 Å². The lowest BCUT2D eigenvalue weighted by atomic mass is 9.87. The van der Waals surface area contributed by atoms with Gasteiger partial charge in [0.25, 0.3) is 5.69 Å². The number of non-ortho nitro benzene ring substituents is 1. The van der Waals surface area contributed by atoms with Crippen molar-refractivity contribution in [3.8, 4) is 0 Å². The second-order valence-corrected chi connectivity index (χ2v) is 9.13. The van der Waals surface area contributed by atoms with E-state index < -0.39 is 14.9 Å². The van der Waals surface area contributed by atoms with Gasteiger partial charge >= 0.3 is 0 Å². The van der Waals surface area contributed by atoms with E-state index in [0.29, 0.717) is 0 Å². The number of nitrogens with zero attached hydrogens (tertiary/aromatic N) is 3. The van der Waals surface area contributed by atoms with E-state index in [1.165, 1.54) is 18.2 Å². The summed E-state index contributed by atoms with van der Waals surface area (Å²) in [6, 6.07) is 4.98. The Labute approximate surface area is 170 Å². The molecule has 2 fully saturated rings. The summed E-state index contributed by atoms with van der Waals surface area (Å²) in [5.74, 6) is 0.769. The predicted octanol–water partition coefficient (Wildman–Crippen LogP) is 0.951. The highest BCUT2D eigenvalue weighted by Crippen LogP contribution is 2.38. The Balaban J connectivity index is 1.58. The number of nitro benzene ring substituents is 1. The second kappa shape index (κ2) is 9.06. The molecule has 2 aliphatic heterocycles. The molecule has 29 heavy (non-hydrogen) atoms. The number of benzene rings is 1.